The lowest BCUT2D eigenvalue weighted by Gasteiger charge is -2.09. The van der Waals surface area contributed by atoms with Gasteiger partial charge in [0.1, 0.15) is 0 Å². The van der Waals surface area contributed by atoms with E-state index in [9.17, 15) is 4.79 Å². The molecule has 0 bridgehead atoms. The molecule has 0 unspecified atom stereocenters. The van der Waals surface area contributed by atoms with Crippen LogP contribution in [0.15, 0.2) is 0 Å². The first-order valence-electron chi connectivity index (χ1n) is 4.48. The molecule has 1 amide bonds. The molecule has 14 heavy (non-hydrogen) atoms. The lowest BCUT2D eigenvalue weighted by atomic mass is 10.4. The zero-order valence-electron chi connectivity index (χ0n) is 8.68. The molecular formula is C10H16ClNOS. The number of likely N-dealkylation sites (tertiary alicyclic amines) is 1. The molecule has 4 heteroatoms. The van der Waals surface area contributed by atoms with Crippen molar-refractivity contribution in [2.24, 2.45) is 0 Å². The van der Waals surface area contributed by atoms with Crippen molar-refractivity contribution in [2.75, 3.05) is 31.4 Å². The SMILES string of the molecule is C[S+](C)CC#CCN1CCCC1=O.[Cl-]. The Bertz CT molecular complexity index is 244. The Morgan fingerprint density at radius 1 is 1.43 bits per heavy atom. The van der Waals surface area contributed by atoms with Gasteiger partial charge < -0.3 is 17.3 Å². The number of carbonyl (C=O) groups excluding carboxylic acids is 1. The summed E-state index contributed by atoms with van der Waals surface area (Å²) in [5.41, 5.74) is 0. The Morgan fingerprint density at radius 2 is 2.14 bits per heavy atom. The molecule has 80 valence electrons. The summed E-state index contributed by atoms with van der Waals surface area (Å²) in [6.45, 7) is 1.54. The topological polar surface area (TPSA) is 20.3 Å². The maximum atomic E-state index is 11.2. The number of hydrogen-bond donors (Lipinski definition) is 0. The van der Waals surface area contributed by atoms with E-state index in [-0.39, 0.29) is 18.3 Å². The summed E-state index contributed by atoms with van der Waals surface area (Å²) < 4.78 is 0. The molecule has 0 aromatic heterocycles. The third-order valence-corrected chi connectivity index (χ3v) is 2.65. The third-order valence-electron chi connectivity index (χ3n) is 1.93. The third kappa shape index (κ3) is 4.78. The highest BCUT2D eigenvalue weighted by atomic mass is 35.5. The molecule has 0 N–H and O–H groups in total. The van der Waals surface area contributed by atoms with Crippen LogP contribution in [0.1, 0.15) is 12.8 Å². The maximum Gasteiger partial charge on any atom is 0.223 e. The molecule has 1 fully saturated rings. The molecule has 1 saturated heterocycles. The van der Waals surface area contributed by atoms with Gasteiger partial charge in [0.05, 0.1) is 19.1 Å². The van der Waals surface area contributed by atoms with Gasteiger partial charge in [-0.15, -0.1) is 0 Å². The van der Waals surface area contributed by atoms with E-state index in [1.807, 2.05) is 4.90 Å². The first-order chi connectivity index (χ1) is 6.20. The Labute approximate surface area is 95.2 Å². The summed E-state index contributed by atoms with van der Waals surface area (Å²) in [6.07, 6.45) is 6.07. The van der Waals surface area contributed by atoms with E-state index >= 15 is 0 Å². The minimum atomic E-state index is 0. The van der Waals surface area contributed by atoms with Crippen molar-refractivity contribution in [3.63, 3.8) is 0 Å². The molecule has 1 aliphatic heterocycles. The minimum Gasteiger partial charge on any atom is -1.00 e. The number of halogens is 1. The van der Waals surface area contributed by atoms with Crippen LogP contribution in [0, 0.1) is 11.8 Å². The molecule has 0 atom stereocenters. The second-order valence-electron chi connectivity index (χ2n) is 3.40. The smallest absolute Gasteiger partial charge is 0.223 e. The Hall–Kier alpha value is -0.330. The second kappa shape index (κ2) is 7.03. The molecule has 0 radical (unpaired) electrons. The van der Waals surface area contributed by atoms with Crippen LogP contribution in [-0.4, -0.2) is 42.2 Å². The predicted molar refractivity (Wildman–Crippen MR) is 57.7 cm³/mol. The van der Waals surface area contributed by atoms with Gasteiger partial charge in [0.15, 0.2) is 5.75 Å². The predicted octanol–water partition coefficient (Wildman–Crippen LogP) is -2.51. The van der Waals surface area contributed by atoms with Gasteiger partial charge in [-0.2, -0.15) is 0 Å². The van der Waals surface area contributed by atoms with E-state index in [4.69, 9.17) is 0 Å². The van der Waals surface area contributed by atoms with Crippen LogP contribution in [-0.2, 0) is 15.7 Å². The molecule has 1 aliphatic rings. The number of rotatable bonds is 2. The average molecular weight is 234 g/mol. The second-order valence-corrected chi connectivity index (χ2v) is 5.66. The Kier molecular flexibility index (Phi) is 6.86. The van der Waals surface area contributed by atoms with Crippen molar-refractivity contribution in [3.05, 3.63) is 0 Å². The van der Waals surface area contributed by atoms with Crippen molar-refractivity contribution in [1.29, 1.82) is 0 Å². The fraction of sp³-hybridized carbons (Fsp3) is 0.700. The monoisotopic (exact) mass is 233 g/mol. The molecule has 0 saturated carbocycles. The summed E-state index contributed by atoms with van der Waals surface area (Å²) in [7, 11) is 0.396. The molecule has 2 nitrogen and oxygen atoms in total. The van der Waals surface area contributed by atoms with Crippen molar-refractivity contribution in [3.8, 4) is 11.8 Å². The van der Waals surface area contributed by atoms with Crippen LogP contribution in [0.2, 0.25) is 0 Å². The van der Waals surface area contributed by atoms with Crippen molar-refractivity contribution in [2.45, 2.75) is 12.8 Å². The fourth-order valence-electron chi connectivity index (χ4n) is 1.22. The largest absolute Gasteiger partial charge is 1.00 e. The van der Waals surface area contributed by atoms with Crippen molar-refractivity contribution in [1.82, 2.24) is 4.90 Å². The van der Waals surface area contributed by atoms with Crippen LogP contribution in [0.4, 0.5) is 0 Å². The number of amides is 1. The van der Waals surface area contributed by atoms with E-state index in [2.05, 4.69) is 24.4 Å². The van der Waals surface area contributed by atoms with E-state index in [0.717, 1.165) is 18.7 Å². The standard InChI is InChI=1S/C10H16NOS.ClH/c1-13(2)9-4-3-7-11-8-5-6-10(11)12;/h5-9H2,1-2H3;1H/q+1;/p-1. The van der Waals surface area contributed by atoms with Gasteiger partial charge in [0.25, 0.3) is 0 Å². The normalized spacial score (nSPS) is 15.1. The van der Waals surface area contributed by atoms with Gasteiger partial charge in [-0.05, 0) is 23.2 Å². The molecule has 0 spiro atoms. The summed E-state index contributed by atoms with van der Waals surface area (Å²) in [5, 5.41) is 0. The van der Waals surface area contributed by atoms with E-state index < -0.39 is 0 Å². The highest BCUT2D eigenvalue weighted by Crippen LogP contribution is 2.07. The first-order valence-corrected chi connectivity index (χ1v) is 6.69. The van der Waals surface area contributed by atoms with E-state index in [1.165, 1.54) is 0 Å². The van der Waals surface area contributed by atoms with Crippen LogP contribution in [0.3, 0.4) is 0 Å². The Morgan fingerprint density at radius 3 is 2.64 bits per heavy atom. The number of carbonyl (C=O) groups is 1. The molecular weight excluding hydrogens is 218 g/mol. The highest BCUT2D eigenvalue weighted by Gasteiger charge is 2.18. The molecule has 0 aromatic carbocycles. The van der Waals surface area contributed by atoms with Crippen LogP contribution in [0.25, 0.3) is 0 Å². The zero-order chi connectivity index (χ0) is 9.68. The van der Waals surface area contributed by atoms with E-state index in [0.29, 0.717) is 23.9 Å². The maximum absolute atomic E-state index is 11.2. The van der Waals surface area contributed by atoms with Crippen LogP contribution in [0.5, 0.6) is 0 Å². The van der Waals surface area contributed by atoms with Crippen molar-refractivity contribution < 1.29 is 17.2 Å². The summed E-state index contributed by atoms with van der Waals surface area (Å²) in [6, 6.07) is 0. The first kappa shape index (κ1) is 13.7. The van der Waals surface area contributed by atoms with Gasteiger partial charge in [-0.1, -0.05) is 5.92 Å². The number of nitrogens with zero attached hydrogens (tertiary/aromatic N) is 1. The summed E-state index contributed by atoms with van der Waals surface area (Å²) in [5.74, 6) is 7.38. The number of hydrogen-bond acceptors (Lipinski definition) is 1. The minimum absolute atomic E-state index is 0. The van der Waals surface area contributed by atoms with Gasteiger partial charge in [0.2, 0.25) is 5.91 Å². The Balaban J connectivity index is 0.00000169. The van der Waals surface area contributed by atoms with Gasteiger partial charge in [-0.3, -0.25) is 4.79 Å². The van der Waals surface area contributed by atoms with Gasteiger partial charge in [-0.25, -0.2) is 0 Å². The average Bonchev–Trinajstić information content (AvgIpc) is 2.45. The lowest BCUT2D eigenvalue weighted by molar-refractivity contribution is -0.127. The van der Waals surface area contributed by atoms with Crippen LogP contribution >= 0.6 is 0 Å². The quantitative estimate of drug-likeness (QED) is 0.381. The van der Waals surface area contributed by atoms with Crippen LogP contribution < -0.4 is 12.4 Å². The fourth-order valence-corrected chi connectivity index (χ4v) is 1.61. The summed E-state index contributed by atoms with van der Waals surface area (Å²) >= 11 is 0. The summed E-state index contributed by atoms with van der Waals surface area (Å²) in [4.78, 5) is 13.0. The van der Waals surface area contributed by atoms with Crippen molar-refractivity contribution >= 4 is 16.8 Å². The zero-order valence-corrected chi connectivity index (χ0v) is 10.2. The highest BCUT2D eigenvalue weighted by molar-refractivity contribution is 7.95. The molecule has 0 aliphatic carbocycles. The molecule has 0 aromatic rings. The lowest BCUT2D eigenvalue weighted by Crippen LogP contribution is -3.00. The van der Waals surface area contributed by atoms with Gasteiger partial charge >= 0.3 is 0 Å². The van der Waals surface area contributed by atoms with E-state index in [1.54, 1.807) is 0 Å². The van der Waals surface area contributed by atoms with Gasteiger partial charge in [0, 0.05) is 13.0 Å². The molecule has 1 heterocycles. The molecule has 1 rings (SSSR count).